The minimum absolute atomic E-state index is 0.0655. The first kappa shape index (κ1) is 27.3. The van der Waals surface area contributed by atoms with Crippen molar-refractivity contribution in [2.24, 2.45) is 25.9 Å². The number of hydrogen-bond donors (Lipinski definition) is 2. The lowest BCUT2D eigenvalue weighted by Crippen LogP contribution is -2.32. The van der Waals surface area contributed by atoms with Crippen LogP contribution >= 0.6 is 11.6 Å². The van der Waals surface area contributed by atoms with E-state index in [1.165, 1.54) is 34.6 Å². The van der Waals surface area contributed by atoms with Crippen LogP contribution in [0.2, 0.25) is 5.15 Å². The number of carbonyl (C=O) groups is 1. The second-order valence-corrected chi connectivity index (χ2v) is 12.2. The minimum Gasteiger partial charge on any atom is -0.377 e. The van der Waals surface area contributed by atoms with Crippen LogP contribution in [0.3, 0.4) is 0 Å². The summed E-state index contributed by atoms with van der Waals surface area (Å²) < 4.78 is 32.0. The normalized spacial score (nSPS) is 21.0. The summed E-state index contributed by atoms with van der Waals surface area (Å²) >= 11 is 6.02. The molecule has 4 unspecified atom stereocenters. The molecule has 1 saturated carbocycles. The van der Waals surface area contributed by atoms with E-state index in [1.807, 2.05) is 17.9 Å². The molecule has 3 aromatic heterocycles. The van der Waals surface area contributed by atoms with Gasteiger partial charge >= 0.3 is 0 Å². The predicted octanol–water partition coefficient (Wildman–Crippen LogP) is 2.90. The summed E-state index contributed by atoms with van der Waals surface area (Å²) in [6.07, 6.45) is 5.29. The maximum atomic E-state index is 14.8. The number of fused-ring (bicyclic) bond motifs is 2. The van der Waals surface area contributed by atoms with Gasteiger partial charge in [0.2, 0.25) is 5.95 Å². The molecule has 14 heteroatoms. The zero-order chi connectivity index (χ0) is 29.2. The molecule has 1 amide bonds. The van der Waals surface area contributed by atoms with Crippen molar-refractivity contribution < 1.29 is 13.4 Å². The van der Waals surface area contributed by atoms with E-state index < -0.39 is 28.8 Å². The average molecular weight is 599 g/mol. The fourth-order valence-corrected chi connectivity index (χ4v) is 6.48. The van der Waals surface area contributed by atoms with E-state index in [1.54, 1.807) is 20.0 Å². The Morgan fingerprint density at radius 1 is 1.20 bits per heavy atom. The molecule has 4 atom stereocenters. The highest BCUT2D eigenvalue weighted by Gasteiger charge is 2.57. The number of aromatic nitrogens is 5. The Morgan fingerprint density at radius 2 is 1.93 bits per heavy atom. The third-order valence-corrected chi connectivity index (χ3v) is 8.57. The monoisotopic (exact) mass is 598 g/mol. The van der Waals surface area contributed by atoms with Crippen LogP contribution in [0.15, 0.2) is 41.5 Å². The highest BCUT2D eigenvalue weighted by atomic mass is 35.5. The SMILES string of the molecule is CC(Nc1ccc(Cl)nc1C(=O)NS(C)=O)c1cc(F)cc2c(=O)n(C)c(N3CC4C(C3)C4c3cnn(C)c3)nc12. The highest BCUT2D eigenvalue weighted by molar-refractivity contribution is 7.82. The number of benzene rings is 1. The molecule has 2 N–H and O–H groups in total. The van der Waals surface area contributed by atoms with Crippen molar-refractivity contribution in [2.45, 2.75) is 18.9 Å². The fraction of sp³-hybridized carbons (Fsp3) is 0.370. The van der Waals surface area contributed by atoms with Crippen molar-refractivity contribution in [1.82, 2.24) is 29.0 Å². The predicted molar refractivity (Wildman–Crippen MR) is 155 cm³/mol. The summed E-state index contributed by atoms with van der Waals surface area (Å²) in [7, 11) is 1.94. The van der Waals surface area contributed by atoms with Gasteiger partial charge in [0.15, 0.2) is 5.69 Å². The maximum absolute atomic E-state index is 14.8. The Bertz CT molecular complexity index is 1780. The van der Waals surface area contributed by atoms with Crippen molar-refractivity contribution in [3.05, 3.63) is 74.8 Å². The standard InChI is InChI=1S/C27H28ClFN8O3S/c1-13(31-20-5-6-21(28)32-24(20)25(38)34-41(4)40)16-7-15(29)8-17-23(16)33-27(36(3)26(17)39)37-11-18-19(12-37)22(18)14-9-30-35(2)10-14/h5-10,13,18-19,22,31H,11-12H2,1-4H3,(H,34,38). The van der Waals surface area contributed by atoms with Crippen LogP contribution in [0, 0.1) is 17.7 Å². The molecule has 0 spiro atoms. The summed E-state index contributed by atoms with van der Waals surface area (Å²) in [5, 5.41) is 7.71. The van der Waals surface area contributed by atoms with Gasteiger partial charge in [0.1, 0.15) is 22.0 Å². The van der Waals surface area contributed by atoms with Crippen LogP contribution in [-0.2, 0) is 25.1 Å². The molecule has 6 rings (SSSR count). The van der Waals surface area contributed by atoms with E-state index in [2.05, 4.69) is 31.2 Å². The van der Waals surface area contributed by atoms with Crippen LogP contribution in [0.1, 0.15) is 40.5 Å². The van der Waals surface area contributed by atoms with Gasteiger partial charge in [-0.05, 0) is 54.5 Å². The number of rotatable bonds is 7. The molecular formula is C27H28ClFN8O3S. The Hall–Kier alpha value is -3.84. The number of hydrogen-bond acceptors (Lipinski definition) is 8. The van der Waals surface area contributed by atoms with Crippen LogP contribution in [0.4, 0.5) is 16.0 Å². The molecule has 1 aromatic carbocycles. The van der Waals surface area contributed by atoms with Crippen LogP contribution in [0.25, 0.3) is 10.9 Å². The van der Waals surface area contributed by atoms with Gasteiger partial charge in [-0.25, -0.2) is 18.6 Å². The van der Waals surface area contributed by atoms with Gasteiger partial charge < -0.3 is 10.2 Å². The number of pyridine rings is 1. The third kappa shape index (κ3) is 4.97. The molecule has 214 valence electrons. The first-order valence-electron chi connectivity index (χ1n) is 13.0. The number of piperidine rings is 1. The highest BCUT2D eigenvalue weighted by Crippen LogP contribution is 2.58. The van der Waals surface area contributed by atoms with Gasteiger partial charge in [-0.2, -0.15) is 5.10 Å². The number of amides is 1. The van der Waals surface area contributed by atoms with Gasteiger partial charge in [0, 0.05) is 45.2 Å². The summed E-state index contributed by atoms with van der Waals surface area (Å²) in [6, 6.07) is 5.01. The second kappa shape index (κ2) is 10.2. The summed E-state index contributed by atoms with van der Waals surface area (Å²) in [5.74, 6) is 0.634. The lowest BCUT2D eigenvalue weighted by Gasteiger charge is -2.24. The molecule has 0 bridgehead atoms. The minimum atomic E-state index is -1.62. The van der Waals surface area contributed by atoms with Crippen molar-refractivity contribution in [2.75, 3.05) is 29.6 Å². The van der Waals surface area contributed by atoms with E-state index >= 15 is 0 Å². The first-order chi connectivity index (χ1) is 19.5. The van der Waals surface area contributed by atoms with E-state index in [-0.39, 0.29) is 21.8 Å². The lowest BCUT2D eigenvalue weighted by atomic mass is 10.0. The van der Waals surface area contributed by atoms with E-state index in [0.29, 0.717) is 40.5 Å². The number of aryl methyl sites for hydroxylation is 1. The topological polar surface area (TPSA) is 127 Å². The van der Waals surface area contributed by atoms with Crippen molar-refractivity contribution >= 4 is 51.0 Å². The molecule has 2 fully saturated rings. The van der Waals surface area contributed by atoms with Gasteiger partial charge in [-0.1, -0.05) is 11.6 Å². The smallest absolute Gasteiger partial charge is 0.283 e. The molecule has 1 saturated heterocycles. The van der Waals surface area contributed by atoms with E-state index in [4.69, 9.17) is 16.6 Å². The molecular weight excluding hydrogens is 571 g/mol. The zero-order valence-corrected chi connectivity index (χ0v) is 24.3. The molecule has 4 heterocycles. The Morgan fingerprint density at radius 3 is 2.59 bits per heavy atom. The fourth-order valence-electron chi connectivity index (χ4n) is 5.98. The number of nitrogens with one attached hydrogen (secondary N) is 2. The first-order valence-corrected chi connectivity index (χ1v) is 15.0. The Labute approximate surface area is 242 Å². The van der Waals surface area contributed by atoms with E-state index in [9.17, 15) is 18.2 Å². The molecule has 11 nitrogen and oxygen atoms in total. The van der Waals surface area contributed by atoms with Crippen molar-refractivity contribution in [3.8, 4) is 0 Å². The van der Waals surface area contributed by atoms with Crippen LogP contribution < -0.4 is 20.5 Å². The number of anilines is 2. The Kier molecular flexibility index (Phi) is 6.81. The molecule has 41 heavy (non-hydrogen) atoms. The molecule has 2 aliphatic rings. The molecule has 1 aliphatic carbocycles. The van der Waals surface area contributed by atoms with Gasteiger partial charge in [0.25, 0.3) is 11.5 Å². The largest absolute Gasteiger partial charge is 0.377 e. The lowest BCUT2D eigenvalue weighted by molar-refractivity contribution is 0.0979. The Balaban J connectivity index is 1.33. The molecule has 4 aromatic rings. The van der Waals surface area contributed by atoms with E-state index in [0.717, 1.165) is 13.1 Å². The summed E-state index contributed by atoms with van der Waals surface area (Å²) in [5.41, 5.74) is 1.93. The molecule has 1 aliphatic heterocycles. The maximum Gasteiger partial charge on any atom is 0.283 e. The van der Waals surface area contributed by atoms with Gasteiger partial charge in [-0.3, -0.25) is 23.6 Å². The quantitative estimate of drug-likeness (QED) is 0.311. The third-order valence-electron chi connectivity index (χ3n) is 7.89. The zero-order valence-electron chi connectivity index (χ0n) is 22.8. The van der Waals surface area contributed by atoms with Crippen LogP contribution in [-0.4, -0.2) is 53.8 Å². The number of halogens is 2. The van der Waals surface area contributed by atoms with Gasteiger partial charge in [0.05, 0.1) is 28.8 Å². The second-order valence-electron chi connectivity index (χ2n) is 10.7. The summed E-state index contributed by atoms with van der Waals surface area (Å²) in [6.45, 7) is 3.28. The van der Waals surface area contributed by atoms with Crippen molar-refractivity contribution in [3.63, 3.8) is 0 Å². The van der Waals surface area contributed by atoms with Gasteiger partial charge in [-0.15, -0.1) is 0 Å². The number of carbonyl (C=O) groups excluding carboxylic acids is 1. The number of nitrogens with zero attached hydrogens (tertiary/aromatic N) is 6. The average Bonchev–Trinajstić information content (AvgIpc) is 3.21. The van der Waals surface area contributed by atoms with Crippen molar-refractivity contribution in [1.29, 1.82) is 0 Å². The van der Waals surface area contributed by atoms with Crippen LogP contribution in [0.5, 0.6) is 0 Å². The molecule has 0 radical (unpaired) electrons. The summed E-state index contributed by atoms with van der Waals surface area (Å²) in [4.78, 5) is 37.2.